The third-order valence-electron chi connectivity index (χ3n) is 6.81. The van der Waals surface area contributed by atoms with Crippen LogP contribution in [0.1, 0.15) is 44.1 Å². The minimum Gasteiger partial charge on any atom is -0.480 e. The highest BCUT2D eigenvalue weighted by molar-refractivity contribution is 5.82. The van der Waals surface area contributed by atoms with Gasteiger partial charge in [0.15, 0.2) is 6.10 Å². The van der Waals surface area contributed by atoms with Crippen molar-refractivity contribution in [1.29, 1.82) is 0 Å². The van der Waals surface area contributed by atoms with Gasteiger partial charge < -0.3 is 15.2 Å². The molecule has 0 saturated heterocycles. The fourth-order valence-corrected chi connectivity index (χ4v) is 6.02. The minimum absolute atomic E-state index is 0.0561. The highest BCUT2D eigenvalue weighted by atomic mass is 19.1. The topological polar surface area (TPSA) is 58.6 Å². The predicted molar refractivity (Wildman–Crippen MR) is 89.6 cm³/mol. The van der Waals surface area contributed by atoms with Crippen molar-refractivity contribution in [2.75, 3.05) is 0 Å². The third-order valence-corrected chi connectivity index (χ3v) is 6.81. The number of carbonyl (C=O) groups excluding carboxylic acids is 1. The zero-order valence-corrected chi connectivity index (χ0v) is 14.2. The number of halogens is 1. The summed E-state index contributed by atoms with van der Waals surface area (Å²) in [5.74, 6) is 1.71. The van der Waals surface area contributed by atoms with E-state index in [9.17, 15) is 14.3 Å². The Morgan fingerprint density at radius 3 is 2.72 bits per heavy atom. The first-order valence-electron chi connectivity index (χ1n) is 9.47. The number of fused-ring (bicyclic) bond motifs is 1. The Labute approximate surface area is 146 Å². The molecule has 4 fully saturated rings. The fourth-order valence-electron chi connectivity index (χ4n) is 6.02. The maximum absolute atomic E-state index is 13.3. The Morgan fingerprint density at radius 1 is 1.24 bits per heavy atom. The number of nitrogens with one attached hydrogen (secondary N) is 1. The van der Waals surface area contributed by atoms with Crippen molar-refractivity contribution < 1.29 is 19.0 Å². The molecule has 1 heterocycles. The SMILES string of the molecule is O=C(N[C@H]1[C@@H]2CC3C[C@H]1C[C@](O)(C3)C2)[C@@H]1CCc2cc(F)ccc2O1. The number of aliphatic hydroxyl groups is 1. The summed E-state index contributed by atoms with van der Waals surface area (Å²) in [6.07, 6.45) is 5.56. The molecule has 1 aromatic rings. The van der Waals surface area contributed by atoms with Crippen LogP contribution in [0.15, 0.2) is 18.2 Å². The average Bonchev–Trinajstić information content (AvgIpc) is 2.56. The van der Waals surface area contributed by atoms with E-state index in [0.717, 1.165) is 37.7 Å². The van der Waals surface area contributed by atoms with Crippen LogP contribution >= 0.6 is 0 Å². The van der Waals surface area contributed by atoms with Gasteiger partial charge in [-0.25, -0.2) is 4.39 Å². The lowest BCUT2D eigenvalue weighted by molar-refractivity contribution is -0.149. The van der Waals surface area contributed by atoms with Gasteiger partial charge in [0.2, 0.25) is 0 Å². The molecule has 134 valence electrons. The van der Waals surface area contributed by atoms with E-state index in [4.69, 9.17) is 4.74 Å². The molecule has 0 radical (unpaired) electrons. The Morgan fingerprint density at radius 2 is 2.00 bits per heavy atom. The van der Waals surface area contributed by atoms with E-state index in [2.05, 4.69) is 5.32 Å². The van der Waals surface area contributed by atoms with Crippen molar-refractivity contribution in [3.05, 3.63) is 29.6 Å². The summed E-state index contributed by atoms with van der Waals surface area (Å²) in [4.78, 5) is 12.8. The van der Waals surface area contributed by atoms with E-state index in [1.807, 2.05) is 0 Å². The van der Waals surface area contributed by atoms with E-state index in [-0.39, 0.29) is 17.8 Å². The van der Waals surface area contributed by atoms with Gasteiger partial charge in [-0.2, -0.15) is 0 Å². The Balaban J connectivity index is 1.28. The zero-order valence-electron chi connectivity index (χ0n) is 14.2. The van der Waals surface area contributed by atoms with E-state index in [0.29, 0.717) is 36.3 Å². The number of carbonyl (C=O) groups is 1. The van der Waals surface area contributed by atoms with Crippen molar-refractivity contribution in [2.24, 2.45) is 17.8 Å². The molecule has 4 saturated carbocycles. The Bertz CT molecular complexity index is 705. The Kier molecular flexibility index (Phi) is 3.40. The lowest BCUT2D eigenvalue weighted by Crippen LogP contribution is -2.62. The molecular formula is C20H24FNO3. The van der Waals surface area contributed by atoms with Gasteiger partial charge in [0.1, 0.15) is 11.6 Å². The van der Waals surface area contributed by atoms with Gasteiger partial charge in [0, 0.05) is 6.04 Å². The van der Waals surface area contributed by atoms with Gasteiger partial charge in [-0.3, -0.25) is 4.79 Å². The molecule has 0 spiro atoms. The molecule has 2 N–H and O–H groups in total. The van der Waals surface area contributed by atoms with Crippen LogP contribution < -0.4 is 10.1 Å². The molecule has 6 rings (SSSR count). The number of rotatable bonds is 2. The summed E-state index contributed by atoms with van der Waals surface area (Å²) >= 11 is 0. The summed E-state index contributed by atoms with van der Waals surface area (Å²) in [7, 11) is 0. The summed E-state index contributed by atoms with van der Waals surface area (Å²) in [5, 5.41) is 13.9. The van der Waals surface area contributed by atoms with Gasteiger partial charge in [-0.15, -0.1) is 0 Å². The first-order chi connectivity index (χ1) is 12.0. The van der Waals surface area contributed by atoms with Crippen molar-refractivity contribution in [2.45, 2.75) is 62.7 Å². The average molecular weight is 345 g/mol. The molecular weight excluding hydrogens is 321 g/mol. The molecule has 1 aliphatic heterocycles. The van der Waals surface area contributed by atoms with Crippen molar-refractivity contribution >= 4 is 5.91 Å². The molecule has 0 aromatic heterocycles. The normalized spacial score (nSPS) is 41.1. The van der Waals surface area contributed by atoms with Crippen LogP contribution in [-0.2, 0) is 11.2 Å². The second-order valence-electron chi connectivity index (χ2n) is 8.63. The van der Waals surface area contributed by atoms with E-state index in [1.165, 1.54) is 12.1 Å². The second kappa shape index (κ2) is 5.44. The van der Waals surface area contributed by atoms with Crippen molar-refractivity contribution in [3.8, 4) is 5.75 Å². The van der Waals surface area contributed by atoms with Crippen LogP contribution in [-0.4, -0.2) is 28.8 Å². The highest BCUT2D eigenvalue weighted by Crippen LogP contribution is 2.55. The largest absolute Gasteiger partial charge is 0.480 e. The first-order valence-corrected chi connectivity index (χ1v) is 9.47. The number of aryl methyl sites for hydroxylation is 1. The highest BCUT2D eigenvalue weighted by Gasteiger charge is 2.55. The minimum atomic E-state index is -0.502. The molecule has 5 aliphatic rings. The van der Waals surface area contributed by atoms with Crippen molar-refractivity contribution in [1.82, 2.24) is 5.32 Å². The fraction of sp³-hybridized carbons (Fsp3) is 0.650. The second-order valence-corrected chi connectivity index (χ2v) is 8.63. The van der Waals surface area contributed by atoms with Crippen molar-refractivity contribution in [3.63, 3.8) is 0 Å². The van der Waals surface area contributed by atoms with Gasteiger partial charge in [0.05, 0.1) is 5.60 Å². The molecule has 5 heteroatoms. The number of hydrogen-bond acceptors (Lipinski definition) is 3. The molecule has 1 amide bonds. The number of amides is 1. The predicted octanol–water partition coefficient (Wildman–Crippen LogP) is 2.58. The van der Waals surface area contributed by atoms with Crippen LogP contribution in [0.4, 0.5) is 4.39 Å². The Hall–Kier alpha value is -1.62. The molecule has 1 unspecified atom stereocenters. The van der Waals surface area contributed by atoms with Crippen LogP contribution in [0, 0.1) is 23.6 Å². The lowest BCUT2D eigenvalue weighted by atomic mass is 9.52. The zero-order chi connectivity index (χ0) is 17.2. The third kappa shape index (κ3) is 2.64. The van der Waals surface area contributed by atoms with Gasteiger partial charge in [0.25, 0.3) is 5.91 Å². The van der Waals surface area contributed by atoms with E-state index >= 15 is 0 Å². The molecule has 4 aliphatic carbocycles. The quantitative estimate of drug-likeness (QED) is 0.866. The van der Waals surface area contributed by atoms with Gasteiger partial charge in [-0.1, -0.05) is 0 Å². The standard InChI is InChI=1S/C20H24FNO3/c21-15-2-4-16-12(7-15)1-3-17(25-16)19(23)22-18-13-5-11-6-14(18)10-20(24,8-11)9-13/h2,4,7,11,13-14,17-18,24H,1,3,5-6,8-10H2,(H,22,23)/t11?,13-,14+,17-,18+,20+/m0/s1. The molecule has 1 aromatic carbocycles. The summed E-state index contributed by atoms with van der Waals surface area (Å²) in [6, 6.07) is 4.64. The summed E-state index contributed by atoms with van der Waals surface area (Å²) < 4.78 is 19.1. The molecule has 4 nitrogen and oxygen atoms in total. The number of hydrogen-bond donors (Lipinski definition) is 2. The first kappa shape index (κ1) is 15.6. The summed E-state index contributed by atoms with van der Waals surface area (Å²) in [6.45, 7) is 0. The van der Waals surface area contributed by atoms with Crippen LogP contribution in [0.5, 0.6) is 5.75 Å². The molecule has 25 heavy (non-hydrogen) atoms. The number of benzene rings is 1. The lowest BCUT2D eigenvalue weighted by Gasteiger charge is -2.58. The van der Waals surface area contributed by atoms with Crippen LogP contribution in [0.25, 0.3) is 0 Å². The van der Waals surface area contributed by atoms with E-state index < -0.39 is 11.7 Å². The van der Waals surface area contributed by atoms with Crippen LogP contribution in [0.2, 0.25) is 0 Å². The molecule has 4 bridgehead atoms. The van der Waals surface area contributed by atoms with Gasteiger partial charge in [-0.05, 0) is 86.5 Å². The van der Waals surface area contributed by atoms with E-state index in [1.54, 1.807) is 6.07 Å². The summed E-state index contributed by atoms with van der Waals surface area (Å²) in [5.41, 5.74) is 0.350. The monoisotopic (exact) mass is 345 g/mol. The number of ether oxygens (including phenoxy) is 1. The van der Waals surface area contributed by atoms with Gasteiger partial charge >= 0.3 is 0 Å². The maximum atomic E-state index is 13.3. The molecule has 6 atom stereocenters. The smallest absolute Gasteiger partial charge is 0.261 e. The van der Waals surface area contributed by atoms with Crippen LogP contribution in [0.3, 0.4) is 0 Å². The maximum Gasteiger partial charge on any atom is 0.261 e.